The van der Waals surface area contributed by atoms with Gasteiger partial charge in [0, 0.05) is 10.5 Å². The van der Waals surface area contributed by atoms with Crippen molar-refractivity contribution in [3.8, 4) is 0 Å². The second-order valence-electron chi connectivity index (χ2n) is 4.76. The lowest BCUT2D eigenvalue weighted by molar-refractivity contribution is -0.137. The highest BCUT2D eigenvalue weighted by Gasteiger charge is 2.20. The van der Waals surface area contributed by atoms with Crippen LogP contribution in [0.4, 0.5) is 0 Å². The number of carboxylic acid groups (broad SMARTS) is 1. The van der Waals surface area contributed by atoms with Crippen molar-refractivity contribution < 1.29 is 9.90 Å². The summed E-state index contributed by atoms with van der Waals surface area (Å²) in [5.74, 6) is -0.635. The summed E-state index contributed by atoms with van der Waals surface area (Å²) in [6, 6.07) is 0. The lowest BCUT2D eigenvalue weighted by Crippen LogP contribution is -2.17. The average molecular weight is 244 g/mol. The van der Waals surface area contributed by atoms with Crippen LogP contribution in [-0.4, -0.2) is 21.6 Å². The maximum Gasteiger partial charge on any atom is 0.304 e. The average Bonchev–Trinajstić information content (AvgIpc) is 2.26. The van der Waals surface area contributed by atoms with Crippen molar-refractivity contribution >= 4 is 17.7 Å². The van der Waals surface area contributed by atoms with Crippen LogP contribution in [0.3, 0.4) is 0 Å². The van der Waals surface area contributed by atoms with Crippen molar-refractivity contribution in [2.45, 2.75) is 75.2 Å². The monoisotopic (exact) mass is 244 g/mol. The SMILES string of the molecule is CCCCC(CC(=O)O)SC1CCCCC1. The first-order valence-electron chi connectivity index (χ1n) is 6.59. The van der Waals surface area contributed by atoms with Gasteiger partial charge in [-0.05, 0) is 19.3 Å². The van der Waals surface area contributed by atoms with Crippen LogP contribution in [0.25, 0.3) is 0 Å². The van der Waals surface area contributed by atoms with Gasteiger partial charge in [0.25, 0.3) is 0 Å². The van der Waals surface area contributed by atoms with Gasteiger partial charge in [-0.1, -0.05) is 39.0 Å². The molecule has 0 bridgehead atoms. The lowest BCUT2D eigenvalue weighted by Gasteiger charge is -2.25. The van der Waals surface area contributed by atoms with Crippen molar-refractivity contribution in [3.05, 3.63) is 0 Å². The Labute approximate surface area is 103 Å². The molecule has 0 aromatic heterocycles. The molecule has 2 nitrogen and oxygen atoms in total. The Morgan fingerprint density at radius 3 is 2.62 bits per heavy atom. The van der Waals surface area contributed by atoms with E-state index in [0.717, 1.165) is 18.1 Å². The summed E-state index contributed by atoms with van der Waals surface area (Å²) >= 11 is 1.95. The van der Waals surface area contributed by atoms with Gasteiger partial charge >= 0.3 is 5.97 Å². The van der Waals surface area contributed by atoms with Crippen molar-refractivity contribution in [1.29, 1.82) is 0 Å². The molecule has 0 amide bonds. The molecule has 0 saturated heterocycles. The van der Waals surface area contributed by atoms with Crippen molar-refractivity contribution in [2.24, 2.45) is 0 Å². The Kier molecular flexibility index (Phi) is 6.93. The zero-order valence-corrected chi connectivity index (χ0v) is 11.1. The summed E-state index contributed by atoms with van der Waals surface area (Å²) < 4.78 is 0. The van der Waals surface area contributed by atoms with E-state index in [1.807, 2.05) is 11.8 Å². The van der Waals surface area contributed by atoms with Crippen molar-refractivity contribution in [1.82, 2.24) is 0 Å². The fourth-order valence-electron chi connectivity index (χ4n) is 2.32. The van der Waals surface area contributed by atoms with E-state index in [4.69, 9.17) is 5.11 Å². The van der Waals surface area contributed by atoms with Gasteiger partial charge in [-0.3, -0.25) is 4.79 Å². The topological polar surface area (TPSA) is 37.3 Å². The van der Waals surface area contributed by atoms with Gasteiger partial charge in [-0.25, -0.2) is 0 Å². The minimum atomic E-state index is -0.635. The van der Waals surface area contributed by atoms with Crippen molar-refractivity contribution in [2.75, 3.05) is 0 Å². The molecule has 1 N–H and O–H groups in total. The molecule has 1 unspecified atom stereocenters. The highest BCUT2D eigenvalue weighted by molar-refractivity contribution is 8.00. The van der Waals surface area contributed by atoms with E-state index in [1.54, 1.807) is 0 Å². The van der Waals surface area contributed by atoms with E-state index < -0.39 is 5.97 Å². The van der Waals surface area contributed by atoms with Crippen LogP contribution in [0.2, 0.25) is 0 Å². The van der Waals surface area contributed by atoms with E-state index in [1.165, 1.54) is 38.5 Å². The van der Waals surface area contributed by atoms with Crippen LogP contribution < -0.4 is 0 Å². The number of rotatable bonds is 7. The minimum Gasteiger partial charge on any atom is -0.481 e. The van der Waals surface area contributed by atoms with Crippen LogP contribution in [0.1, 0.15) is 64.7 Å². The zero-order chi connectivity index (χ0) is 11.8. The van der Waals surface area contributed by atoms with Crippen LogP contribution in [0, 0.1) is 0 Å². The molecule has 1 atom stereocenters. The van der Waals surface area contributed by atoms with Gasteiger partial charge in [0.05, 0.1) is 6.42 Å². The zero-order valence-electron chi connectivity index (χ0n) is 10.3. The molecule has 1 aliphatic carbocycles. The van der Waals surface area contributed by atoms with Gasteiger partial charge in [-0.2, -0.15) is 11.8 Å². The second kappa shape index (κ2) is 7.99. The molecular formula is C13H24O2S. The first-order chi connectivity index (χ1) is 7.72. The molecule has 0 aliphatic heterocycles. The van der Waals surface area contributed by atoms with Crippen LogP contribution in [-0.2, 0) is 4.79 Å². The summed E-state index contributed by atoms with van der Waals surface area (Å²) in [4.78, 5) is 10.8. The van der Waals surface area contributed by atoms with Gasteiger partial charge in [0.15, 0.2) is 0 Å². The molecule has 1 aliphatic rings. The number of carbonyl (C=O) groups is 1. The molecule has 0 radical (unpaired) electrons. The molecule has 1 fully saturated rings. The van der Waals surface area contributed by atoms with E-state index >= 15 is 0 Å². The number of hydrogen-bond donors (Lipinski definition) is 1. The van der Waals surface area contributed by atoms with Gasteiger partial charge < -0.3 is 5.11 Å². The summed E-state index contributed by atoms with van der Waals surface area (Å²) in [5, 5.41) is 9.98. The molecule has 94 valence electrons. The van der Waals surface area contributed by atoms with Crippen LogP contribution in [0.15, 0.2) is 0 Å². The van der Waals surface area contributed by atoms with E-state index in [0.29, 0.717) is 11.7 Å². The molecule has 0 spiro atoms. The molecule has 0 aromatic carbocycles. The quantitative estimate of drug-likeness (QED) is 0.733. The van der Waals surface area contributed by atoms with Gasteiger partial charge in [0.2, 0.25) is 0 Å². The molecule has 1 saturated carbocycles. The third-order valence-corrected chi connectivity index (χ3v) is 4.86. The standard InChI is InChI=1S/C13H24O2S/c1-2-3-7-12(10-13(14)15)16-11-8-5-4-6-9-11/h11-12H,2-10H2,1H3,(H,14,15). The summed E-state index contributed by atoms with van der Waals surface area (Å²) in [6.07, 6.45) is 10.4. The second-order valence-corrected chi connectivity index (χ2v) is 6.36. The van der Waals surface area contributed by atoms with E-state index in [2.05, 4.69) is 6.92 Å². The summed E-state index contributed by atoms with van der Waals surface area (Å²) in [5.41, 5.74) is 0. The molecule has 1 rings (SSSR count). The van der Waals surface area contributed by atoms with E-state index in [-0.39, 0.29) is 0 Å². The summed E-state index contributed by atoms with van der Waals surface area (Å²) in [6.45, 7) is 2.17. The molecule has 0 aromatic rings. The Hall–Kier alpha value is -0.180. The third-order valence-electron chi connectivity index (χ3n) is 3.22. The van der Waals surface area contributed by atoms with Crippen molar-refractivity contribution in [3.63, 3.8) is 0 Å². The number of hydrogen-bond acceptors (Lipinski definition) is 2. The van der Waals surface area contributed by atoms with Gasteiger partial charge in [0.1, 0.15) is 0 Å². The van der Waals surface area contributed by atoms with Gasteiger partial charge in [-0.15, -0.1) is 0 Å². The Balaban J connectivity index is 2.31. The number of unbranched alkanes of at least 4 members (excludes halogenated alkanes) is 1. The fourth-order valence-corrected chi connectivity index (χ4v) is 4.01. The Morgan fingerprint density at radius 1 is 1.38 bits per heavy atom. The Morgan fingerprint density at radius 2 is 2.06 bits per heavy atom. The molecule has 3 heteroatoms. The number of carboxylic acids is 1. The minimum absolute atomic E-state index is 0.348. The first-order valence-corrected chi connectivity index (χ1v) is 7.54. The molecule has 0 heterocycles. The maximum atomic E-state index is 10.8. The summed E-state index contributed by atoms with van der Waals surface area (Å²) in [7, 11) is 0. The predicted octanol–water partition coefficient (Wildman–Crippen LogP) is 4.09. The largest absolute Gasteiger partial charge is 0.481 e. The third kappa shape index (κ3) is 5.78. The lowest BCUT2D eigenvalue weighted by atomic mass is 10.0. The normalized spacial score (nSPS) is 19.6. The predicted molar refractivity (Wildman–Crippen MR) is 70.0 cm³/mol. The van der Waals surface area contributed by atoms with Crippen LogP contribution >= 0.6 is 11.8 Å². The molecular weight excluding hydrogens is 220 g/mol. The van der Waals surface area contributed by atoms with E-state index in [9.17, 15) is 4.79 Å². The van der Waals surface area contributed by atoms with Crippen LogP contribution in [0.5, 0.6) is 0 Å². The first kappa shape index (κ1) is 13.9. The maximum absolute atomic E-state index is 10.8. The smallest absolute Gasteiger partial charge is 0.304 e. The molecule has 16 heavy (non-hydrogen) atoms. The number of aliphatic carboxylic acids is 1. The number of thioether (sulfide) groups is 1. The fraction of sp³-hybridized carbons (Fsp3) is 0.923. The highest BCUT2D eigenvalue weighted by atomic mass is 32.2. The Bertz CT molecular complexity index is 200. The highest BCUT2D eigenvalue weighted by Crippen LogP contribution is 2.34.